The Kier molecular flexibility index (Phi) is 2.65. The predicted molar refractivity (Wildman–Crippen MR) is 73.9 cm³/mol. The van der Waals surface area contributed by atoms with E-state index in [0.29, 0.717) is 18.4 Å². The number of aliphatic hydroxyl groups is 1. The molecule has 0 amide bonds. The van der Waals surface area contributed by atoms with Crippen LogP contribution in [0, 0.1) is 17.3 Å². The van der Waals surface area contributed by atoms with Gasteiger partial charge in [-0.15, -0.1) is 11.3 Å². The van der Waals surface area contributed by atoms with Crippen molar-refractivity contribution in [3.05, 3.63) is 16.6 Å². The summed E-state index contributed by atoms with van der Waals surface area (Å²) in [6.45, 7) is 7.11. The molecule has 0 spiro atoms. The zero-order chi connectivity index (χ0) is 13.0. The molecule has 2 bridgehead atoms. The molecule has 4 rings (SSSR count). The summed E-state index contributed by atoms with van der Waals surface area (Å²) in [7, 11) is 0. The first-order valence-electron chi connectivity index (χ1n) is 6.57. The van der Waals surface area contributed by atoms with E-state index in [1.54, 1.807) is 17.5 Å². The molecule has 1 N–H and O–H groups in total. The first-order chi connectivity index (χ1) is 8.42. The van der Waals surface area contributed by atoms with Gasteiger partial charge in [0.25, 0.3) is 0 Å². The molecule has 18 heavy (non-hydrogen) atoms. The lowest BCUT2D eigenvalue weighted by atomic mass is 9.44. The Morgan fingerprint density at radius 3 is 2.83 bits per heavy atom. The smallest absolute Gasteiger partial charge is 0.114 e. The number of rotatable bonds is 2. The minimum atomic E-state index is -0.727. The summed E-state index contributed by atoms with van der Waals surface area (Å²) in [4.78, 5) is 8.88. The van der Waals surface area contributed by atoms with E-state index in [1.807, 2.05) is 12.3 Å². The molecular formula is C14H20N2OS. The van der Waals surface area contributed by atoms with Crippen molar-refractivity contribution in [1.29, 1.82) is 0 Å². The molecule has 3 aliphatic rings. The molecule has 1 aromatic heterocycles. The van der Waals surface area contributed by atoms with E-state index >= 15 is 0 Å². The summed E-state index contributed by atoms with van der Waals surface area (Å²) >= 11 is 1.62. The van der Waals surface area contributed by atoms with E-state index in [9.17, 15) is 5.11 Å². The van der Waals surface area contributed by atoms with Gasteiger partial charge in [-0.05, 0) is 37.0 Å². The number of hydrogen-bond donors (Lipinski definition) is 1. The summed E-state index contributed by atoms with van der Waals surface area (Å²) in [5, 5.41) is 13.7. The Balaban J connectivity index is 1.81. The maximum Gasteiger partial charge on any atom is 0.114 e. The van der Waals surface area contributed by atoms with Crippen LogP contribution < -0.4 is 0 Å². The summed E-state index contributed by atoms with van der Waals surface area (Å²) in [5.41, 5.74) is 0.525. The fourth-order valence-corrected chi connectivity index (χ4v) is 4.22. The second-order valence-electron chi connectivity index (χ2n) is 6.35. The maximum atomic E-state index is 10.8. The van der Waals surface area contributed by atoms with Gasteiger partial charge >= 0.3 is 0 Å². The number of aromatic nitrogens is 1. The second kappa shape index (κ2) is 3.87. The largest absolute Gasteiger partial charge is 0.384 e. The monoisotopic (exact) mass is 264 g/mol. The molecule has 3 saturated carbocycles. The zero-order valence-corrected chi connectivity index (χ0v) is 12.0. The van der Waals surface area contributed by atoms with Crippen molar-refractivity contribution >= 4 is 17.0 Å². The van der Waals surface area contributed by atoms with Crippen LogP contribution in [-0.4, -0.2) is 21.4 Å². The van der Waals surface area contributed by atoms with Crippen LogP contribution in [0.4, 0.5) is 0 Å². The molecule has 4 heteroatoms. The molecule has 3 atom stereocenters. The van der Waals surface area contributed by atoms with E-state index in [0.717, 1.165) is 23.6 Å². The molecule has 3 nitrogen and oxygen atoms in total. The maximum absolute atomic E-state index is 10.8. The van der Waals surface area contributed by atoms with E-state index in [2.05, 4.69) is 23.8 Å². The highest BCUT2D eigenvalue weighted by molar-refractivity contribution is 7.09. The molecule has 0 aromatic carbocycles. The predicted octanol–water partition coefficient (Wildman–Crippen LogP) is 2.90. The van der Waals surface area contributed by atoms with Crippen LogP contribution >= 0.6 is 11.3 Å². The van der Waals surface area contributed by atoms with Crippen molar-refractivity contribution in [2.75, 3.05) is 0 Å². The average Bonchev–Trinajstić information content (AvgIpc) is 2.78. The number of nitrogens with zero attached hydrogens (tertiary/aromatic N) is 2. The third kappa shape index (κ3) is 1.66. The van der Waals surface area contributed by atoms with Crippen LogP contribution in [0.5, 0.6) is 0 Å². The van der Waals surface area contributed by atoms with Gasteiger partial charge < -0.3 is 5.11 Å². The lowest BCUT2D eigenvalue weighted by Crippen LogP contribution is -2.64. The lowest BCUT2D eigenvalue weighted by molar-refractivity contribution is -0.134. The van der Waals surface area contributed by atoms with Gasteiger partial charge in [-0.25, -0.2) is 4.98 Å². The van der Waals surface area contributed by atoms with Gasteiger partial charge in [0.05, 0.1) is 6.54 Å². The SMILES string of the molecule is CC1(C)[C@@H]2CC(=NCc3nccs3)[C@@](C)(O)[C@H]1C2. The van der Waals surface area contributed by atoms with Crippen LogP contribution in [0.1, 0.15) is 38.6 Å². The third-order valence-electron chi connectivity index (χ3n) is 5.06. The minimum Gasteiger partial charge on any atom is -0.384 e. The van der Waals surface area contributed by atoms with Crippen LogP contribution in [-0.2, 0) is 6.54 Å². The topological polar surface area (TPSA) is 45.5 Å². The van der Waals surface area contributed by atoms with E-state index in [4.69, 9.17) is 0 Å². The van der Waals surface area contributed by atoms with Gasteiger partial charge in [0, 0.05) is 17.3 Å². The summed E-state index contributed by atoms with van der Waals surface area (Å²) in [6, 6.07) is 0. The van der Waals surface area contributed by atoms with Gasteiger partial charge in [-0.2, -0.15) is 0 Å². The van der Waals surface area contributed by atoms with Crippen molar-refractivity contribution in [3.63, 3.8) is 0 Å². The quantitative estimate of drug-likeness (QED) is 0.892. The first kappa shape index (κ1) is 12.3. The average molecular weight is 264 g/mol. The van der Waals surface area contributed by atoms with Crippen molar-refractivity contribution in [1.82, 2.24) is 4.98 Å². The van der Waals surface area contributed by atoms with Crippen LogP contribution in [0.3, 0.4) is 0 Å². The minimum absolute atomic E-state index is 0.268. The van der Waals surface area contributed by atoms with Gasteiger partial charge in [0.15, 0.2) is 0 Å². The normalized spacial score (nSPS) is 39.7. The molecule has 98 valence electrons. The Hall–Kier alpha value is -0.740. The molecule has 0 radical (unpaired) electrons. The highest BCUT2D eigenvalue weighted by Gasteiger charge is 2.61. The Morgan fingerprint density at radius 1 is 1.50 bits per heavy atom. The fraction of sp³-hybridized carbons (Fsp3) is 0.714. The van der Waals surface area contributed by atoms with Gasteiger partial charge in [0.1, 0.15) is 10.6 Å². The van der Waals surface area contributed by atoms with Crippen molar-refractivity contribution in [2.24, 2.45) is 22.2 Å². The number of aliphatic imine (C=N–C) groups is 1. The van der Waals surface area contributed by atoms with E-state index in [1.165, 1.54) is 0 Å². The van der Waals surface area contributed by atoms with Crippen LogP contribution in [0.2, 0.25) is 0 Å². The summed E-state index contributed by atoms with van der Waals surface area (Å²) < 4.78 is 0. The Bertz CT molecular complexity index is 476. The van der Waals surface area contributed by atoms with Crippen molar-refractivity contribution in [3.8, 4) is 0 Å². The molecule has 0 unspecified atom stereocenters. The summed E-state index contributed by atoms with van der Waals surface area (Å²) in [5.74, 6) is 1.05. The standard InChI is InChI=1S/C14H20N2OS/c1-13(2)9-6-10(13)14(3,17)11(7-9)16-8-12-15-4-5-18-12/h4-5,9-10,17H,6-8H2,1-3H3/t9-,10-,14-/m0/s1. The lowest BCUT2D eigenvalue weighted by Gasteiger charge is -2.62. The Morgan fingerprint density at radius 2 is 2.28 bits per heavy atom. The van der Waals surface area contributed by atoms with Gasteiger partial charge in [0.2, 0.25) is 0 Å². The van der Waals surface area contributed by atoms with E-state index in [-0.39, 0.29) is 5.41 Å². The number of hydrogen-bond acceptors (Lipinski definition) is 4. The van der Waals surface area contributed by atoms with Crippen molar-refractivity contribution in [2.45, 2.75) is 45.8 Å². The highest BCUT2D eigenvalue weighted by atomic mass is 32.1. The molecular weight excluding hydrogens is 244 g/mol. The molecule has 3 aliphatic carbocycles. The third-order valence-corrected chi connectivity index (χ3v) is 5.83. The molecule has 3 fully saturated rings. The molecule has 1 aromatic rings. The first-order valence-corrected chi connectivity index (χ1v) is 7.45. The van der Waals surface area contributed by atoms with Gasteiger partial charge in [-0.1, -0.05) is 13.8 Å². The number of thiazole rings is 1. The highest BCUT2D eigenvalue weighted by Crippen LogP contribution is 2.61. The molecule has 0 aliphatic heterocycles. The van der Waals surface area contributed by atoms with Crippen LogP contribution in [0.25, 0.3) is 0 Å². The second-order valence-corrected chi connectivity index (χ2v) is 7.33. The van der Waals surface area contributed by atoms with Crippen LogP contribution in [0.15, 0.2) is 16.6 Å². The summed E-state index contributed by atoms with van der Waals surface area (Å²) in [6.07, 6.45) is 3.90. The van der Waals surface area contributed by atoms with E-state index < -0.39 is 5.60 Å². The van der Waals surface area contributed by atoms with Gasteiger partial charge in [-0.3, -0.25) is 4.99 Å². The Labute approximate surface area is 112 Å². The zero-order valence-electron chi connectivity index (χ0n) is 11.2. The molecule has 1 heterocycles. The fourth-order valence-electron chi connectivity index (χ4n) is 3.68. The molecule has 0 saturated heterocycles. The number of fused-ring (bicyclic) bond motifs is 2. The van der Waals surface area contributed by atoms with Crippen molar-refractivity contribution < 1.29 is 5.11 Å².